The molecule has 4 heteroatoms. The monoisotopic (exact) mass is 298 g/mol. The van der Waals surface area contributed by atoms with E-state index >= 15 is 0 Å². The lowest BCUT2D eigenvalue weighted by Crippen LogP contribution is -2.32. The highest BCUT2D eigenvalue weighted by molar-refractivity contribution is 5.85. The molecule has 2 atom stereocenters. The molecule has 114 valence electrons. The summed E-state index contributed by atoms with van der Waals surface area (Å²) < 4.78 is 5.92. The SMILES string of the molecule is Cc1ccc(C)c(OCCN2CC(CN)CC2C)c1.Cl. The van der Waals surface area contributed by atoms with Gasteiger partial charge in [-0.1, -0.05) is 12.1 Å². The van der Waals surface area contributed by atoms with E-state index in [4.69, 9.17) is 10.5 Å². The minimum atomic E-state index is 0. The molecule has 2 rings (SSSR count). The van der Waals surface area contributed by atoms with Gasteiger partial charge < -0.3 is 10.5 Å². The van der Waals surface area contributed by atoms with Crippen molar-refractivity contribution in [1.82, 2.24) is 4.90 Å². The van der Waals surface area contributed by atoms with Crippen LogP contribution in [0.1, 0.15) is 24.5 Å². The summed E-state index contributed by atoms with van der Waals surface area (Å²) in [5.74, 6) is 1.68. The third kappa shape index (κ3) is 4.37. The summed E-state index contributed by atoms with van der Waals surface area (Å²) in [7, 11) is 0. The molecule has 1 aromatic rings. The highest BCUT2D eigenvalue weighted by atomic mass is 35.5. The summed E-state index contributed by atoms with van der Waals surface area (Å²) in [5, 5.41) is 0. The smallest absolute Gasteiger partial charge is 0.122 e. The van der Waals surface area contributed by atoms with Gasteiger partial charge in [-0.15, -0.1) is 12.4 Å². The lowest BCUT2D eigenvalue weighted by Gasteiger charge is -2.21. The first-order chi connectivity index (χ1) is 9.10. The summed E-state index contributed by atoms with van der Waals surface area (Å²) >= 11 is 0. The standard InChI is InChI=1S/C16H26N2O.ClH/c1-12-4-5-13(2)16(8-12)19-7-6-18-11-15(10-17)9-14(18)3;/h4-5,8,14-15H,6-7,9-11,17H2,1-3H3;1H. The number of aryl methyl sites for hydroxylation is 2. The van der Waals surface area contributed by atoms with Crippen LogP contribution in [0, 0.1) is 19.8 Å². The quantitative estimate of drug-likeness (QED) is 0.908. The fourth-order valence-electron chi connectivity index (χ4n) is 2.84. The molecule has 1 aliphatic heterocycles. The van der Waals surface area contributed by atoms with Crippen molar-refractivity contribution in [2.45, 2.75) is 33.2 Å². The van der Waals surface area contributed by atoms with Crippen molar-refractivity contribution in [1.29, 1.82) is 0 Å². The second kappa shape index (κ2) is 7.87. The molecular weight excluding hydrogens is 272 g/mol. The number of nitrogens with two attached hydrogens (primary N) is 1. The van der Waals surface area contributed by atoms with Crippen molar-refractivity contribution < 1.29 is 4.74 Å². The molecule has 2 unspecified atom stereocenters. The van der Waals surface area contributed by atoms with Crippen LogP contribution in [0.2, 0.25) is 0 Å². The van der Waals surface area contributed by atoms with E-state index in [9.17, 15) is 0 Å². The fourth-order valence-corrected chi connectivity index (χ4v) is 2.84. The van der Waals surface area contributed by atoms with Gasteiger partial charge in [0.05, 0.1) is 0 Å². The summed E-state index contributed by atoms with van der Waals surface area (Å²) in [4.78, 5) is 2.49. The Kier molecular flexibility index (Phi) is 6.80. The average Bonchev–Trinajstić information content (AvgIpc) is 2.75. The van der Waals surface area contributed by atoms with Crippen LogP contribution in [0.5, 0.6) is 5.75 Å². The largest absolute Gasteiger partial charge is 0.492 e. The zero-order valence-electron chi connectivity index (χ0n) is 12.8. The summed E-state index contributed by atoms with van der Waals surface area (Å²) in [6, 6.07) is 6.99. The van der Waals surface area contributed by atoms with Gasteiger partial charge in [-0.25, -0.2) is 0 Å². The van der Waals surface area contributed by atoms with Crippen LogP contribution < -0.4 is 10.5 Å². The number of hydrogen-bond donors (Lipinski definition) is 1. The van der Waals surface area contributed by atoms with Gasteiger partial charge in [-0.05, 0) is 56.8 Å². The molecule has 2 N–H and O–H groups in total. The summed E-state index contributed by atoms with van der Waals surface area (Å²) in [5.41, 5.74) is 8.21. The molecule has 0 bridgehead atoms. The number of ether oxygens (including phenoxy) is 1. The van der Waals surface area contributed by atoms with E-state index < -0.39 is 0 Å². The number of hydrogen-bond acceptors (Lipinski definition) is 3. The van der Waals surface area contributed by atoms with E-state index in [0.29, 0.717) is 12.0 Å². The Balaban J connectivity index is 0.00000200. The first-order valence-electron chi connectivity index (χ1n) is 7.24. The first kappa shape index (κ1) is 17.3. The third-order valence-electron chi connectivity index (χ3n) is 4.10. The molecule has 0 saturated carbocycles. The molecule has 0 amide bonds. The third-order valence-corrected chi connectivity index (χ3v) is 4.10. The average molecular weight is 299 g/mol. The maximum absolute atomic E-state index is 5.92. The molecule has 1 aromatic carbocycles. The molecule has 1 heterocycles. The van der Waals surface area contributed by atoms with Crippen LogP contribution in [0.3, 0.4) is 0 Å². The second-order valence-corrected chi connectivity index (χ2v) is 5.80. The van der Waals surface area contributed by atoms with E-state index in [1.807, 2.05) is 0 Å². The number of nitrogens with zero attached hydrogens (tertiary/aromatic N) is 1. The molecule has 0 aliphatic carbocycles. The second-order valence-electron chi connectivity index (χ2n) is 5.80. The van der Waals surface area contributed by atoms with E-state index in [-0.39, 0.29) is 12.4 Å². The van der Waals surface area contributed by atoms with Crippen molar-refractivity contribution in [2.24, 2.45) is 11.7 Å². The Labute approximate surface area is 128 Å². The van der Waals surface area contributed by atoms with Crippen LogP contribution in [0.4, 0.5) is 0 Å². The Bertz CT molecular complexity index is 425. The van der Waals surface area contributed by atoms with Crippen molar-refractivity contribution in [3.8, 4) is 5.75 Å². The van der Waals surface area contributed by atoms with Crippen LogP contribution >= 0.6 is 12.4 Å². The van der Waals surface area contributed by atoms with E-state index in [1.165, 1.54) is 17.5 Å². The zero-order valence-corrected chi connectivity index (χ0v) is 13.6. The Morgan fingerprint density at radius 3 is 2.75 bits per heavy atom. The zero-order chi connectivity index (χ0) is 13.8. The van der Waals surface area contributed by atoms with E-state index in [0.717, 1.165) is 32.0 Å². The molecule has 0 spiro atoms. The van der Waals surface area contributed by atoms with Gasteiger partial charge in [0.1, 0.15) is 12.4 Å². The van der Waals surface area contributed by atoms with Crippen LogP contribution in [0.25, 0.3) is 0 Å². The van der Waals surface area contributed by atoms with Crippen LogP contribution in [-0.2, 0) is 0 Å². The maximum Gasteiger partial charge on any atom is 0.122 e. The maximum atomic E-state index is 5.92. The number of halogens is 1. The lowest BCUT2D eigenvalue weighted by molar-refractivity contribution is 0.201. The van der Waals surface area contributed by atoms with E-state index in [1.54, 1.807) is 0 Å². The highest BCUT2D eigenvalue weighted by Gasteiger charge is 2.27. The molecular formula is C16H27ClN2O. The Morgan fingerprint density at radius 1 is 1.35 bits per heavy atom. The van der Waals surface area contributed by atoms with Gasteiger partial charge in [0.25, 0.3) is 0 Å². The van der Waals surface area contributed by atoms with Crippen molar-refractivity contribution in [3.05, 3.63) is 29.3 Å². The van der Waals surface area contributed by atoms with Gasteiger partial charge >= 0.3 is 0 Å². The molecule has 0 aromatic heterocycles. The van der Waals surface area contributed by atoms with Crippen LogP contribution in [0.15, 0.2) is 18.2 Å². The first-order valence-corrected chi connectivity index (χ1v) is 7.24. The summed E-state index contributed by atoms with van der Waals surface area (Å²) in [6.07, 6.45) is 1.22. The van der Waals surface area contributed by atoms with Gasteiger partial charge in [0, 0.05) is 19.1 Å². The highest BCUT2D eigenvalue weighted by Crippen LogP contribution is 2.22. The molecule has 1 fully saturated rings. The van der Waals surface area contributed by atoms with Gasteiger partial charge in [-0.3, -0.25) is 4.90 Å². The molecule has 20 heavy (non-hydrogen) atoms. The van der Waals surface area contributed by atoms with Crippen molar-refractivity contribution in [3.63, 3.8) is 0 Å². The molecule has 0 radical (unpaired) electrons. The normalized spacial score (nSPS) is 22.6. The molecule has 1 aliphatic rings. The molecule has 1 saturated heterocycles. The van der Waals surface area contributed by atoms with Gasteiger partial charge in [0.15, 0.2) is 0 Å². The van der Waals surface area contributed by atoms with Gasteiger partial charge in [0.2, 0.25) is 0 Å². The van der Waals surface area contributed by atoms with Crippen molar-refractivity contribution in [2.75, 3.05) is 26.2 Å². The van der Waals surface area contributed by atoms with E-state index in [2.05, 4.69) is 43.9 Å². The van der Waals surface area contributed by atoms with Crippen molar-refractivity contribution >= 4 is 12.4 Å². The fraction of sp³-hybridized carbons (Fsp3) is 0.625. The Hall–Kier alpha value is -0.770. The molecule has 3 nitrogen and oxygen atoms in total. The van der Waals surface area contributed by atoms with Crippen LogP contribution in [-0.4, -0.2) is 37.2 Å². The van der Waals surface area contributed by atoms with Gasteiger partial charge in [-0.2, -0.15) is 0 Å². The topological polar surface area (TPSA) is 38.5 Å². The predicted octanol–water partition coefficient (Wildman–Crippen LogP) is 2.77. The number of benzene rings is 1. The minimum Gasteiger partial charge on any atom is -0.492 e. The predicted molar refractivity (Wildman–Crippen MR) is 86.9 cm³/mol. The number of rotatable bonds is 5. The summed E-state index contributed by atoms with van der Waals surface area (Å²) in [6.45, 7) is 10.1. The minimum absolute atomic E-state index is 0. The number of likely N-dealkylation sites (tertiary alicyclic amines) is 1. The lowest BCUT2D eigenvalue weighted by atomic mass is 10.1. The Morgan fingerprint density at radius 2 is 2.10 bits per heavy atom.